The van der Waals surface area contributed by atoms with Gasteiger partial charge in [0, 0.05) is 12.8 Å². The van der Waals surface area contributed by atoms with E-state index in [-0.39, 0.29) is 24.9 Å². The quantitative estimate of drug-likeness (QED) is 0.418. The molecule has 3 N–H and O–H groups in total. The van der Waals surface area contributed by atoms with E-state index in [1.807, 2.05) is 13.0 Å². The molecule has 0 saturated carbocycles. The van der Waals surface area contributed by atoms with Crippen molar-refractivity contribution in [1.82, 2.24) is 10.6 Å². The molecular formula is C20H28N3O6S+. The van der Waals surface area contributed by atoms with Gasteiger partial charge in [-0.15, -0.1) is 11.3 Å². The number of carboxylic acids is 1. The van der Waals surface area contributed by atoms with Gasteiger partial charge in [0.1, 0.15) is 18.4 Å². The number of aryl methyl sites for hydroxylation is 1. The summed E-state index contributed by atoms with van der Waals surface area (Å²) in [6.45, 7) is 5.85. The molecular weight excluding hydrogens is 410 g/mol. The summed E-state index contributed by atoms with van der Waals surface area (Å²) in [5.41, 5.74) is 0.803. The topological polar surface area (TPSA) is 130 Å². The lowest BCUT2D eigenvalue weighted by Crippen LogP contribution is -2.66. The molecule has 0 aromatic carbocycles. The van der Waals surface area contributed by atoms with Crippen molar-refractivity contribution in [3.63, 3.8) is 0 Å². The molecule has 0 aliphatic carbocycles. The standard InChI is InChI=1S/C20H27N3O6S/c1-12(2)16(22-18(27)17-13(3)6-9-30-17)19(28)23(7-4-5-8-23)20(29)21-14(11-24)10-15(25)26/h6,9,11-12,14,16H,4-5,7-8,10H2,1-3H3,(H2-,21,22,25,26,27,29)/p+1/t14-,16-/m0/s1. The number of carbonyl (C=O) groups excluding carboxylic acids is 4. The van der Waals surface area contributed by atoms with Crippen molar-refractivity contribution in [3.05, 3.63) is 21.9 Å². The zero-order valence-corrected chi connectivity index (χ0v) is 18.2. The first-order chi connectivity index (χ1) is 14.1. The van der Waals surface area contributed by atoms with Gasteiger partial charge < -0.3 is 15.2 Å². The minimum absolute atomic E-state index is 0.237. The molecule has 2 heterocycles. The van der Waals surface area contributed by atoms with Gasteiger partial charge in [0.2, 0.25) is 0 Å². The van der Waals surface area contributed by atoms with E-state index in [0.717, 1.165) is 5.56 Å². The predicted octanol–water partition coefficient (Wildman–Crippen LogP) is 1.70. The van der Waals surface area contributed by atoms with Gasteiger partial charge in [-0.2, -0.15) is 4.48 Å². The van der Waals surface area contributed by atoms with Crippen molar-refractivity contribution < 1.29 is 33.6 Å². The number of hydrogen-bond acceptors (Lipinski definition) is 6. The largest absolute Gasteiger partial charge is 0.481 e. The SMILES string of the molecule is Cc1ccsc1C(=O)N[C@H](C(=O)[N+]1(C(=O)N[C@H](C=O)CC(=O)O)CCCC1)C(C)C. The number of aliphatic carboxylic acids is 1. The Balaban J connectivity index is 2.26. The molecule has 1 saturated heterocycles. The average molecular weight is 439 g/mol. The summed E-state index contributed by atoms with van der Waals surface area (Å²) in [5.74, 6) is -2.33. The predicted molar refractivity (Wildman–Crippen MR) is 110 cm³/mol. The number of hydrogen-bond donors (Lipinski definition) is 3. The Morgan fingerprint density at radius 2 is 1.83 bits per heavy atom. The number of aldehydes is 1. The Morgan fingerprint density at radius 1 is 1.20 bits per heavy atom. The zero-order valence-electron chi connectivity index (χ0n) is 17.3. The number of rotatable bonds is 8. The summed E-state index contributed by atoms with van der Waals surface area (Å²) < 4.78 is -0.559. The van der Waals surface area contributed by atoms with E-state index in [4.69, 9.17) is 5.11 Å². The maximum Gasteiger partial charge on any atom is 0.424 e. The minimum Gasteiger partial charge on any atom is -0.481 e. The third-order valence-corrected chi connectivity index (χ3v) is 6.31. The highest BCUT2D eigenvalue weighted by Crippen LogP contribution is 2.25. The Hall–Kier alpha value is -2.59. The van der Waals surface area contributed by atoms with Crippen molar-refractivity contribution in [1.29, 1.82) is 0 Å². The van der Waals surface area contributed by atoms with Gasteiger partial charge in [0.25, 0.3) is 5.91 Å². The van der Waals surface area contributed by atoms with Gasteiger partial charge in [0.05, 0.1) is 24.4 Å². The summed E-state index contributed by atoms with van der Waals surface area (Å²) in [6.07, 6.45) is 1.05. The molecule has 4 amide bonds. The lowest BCUT2D eigenvalue weighted by Gasteiger charge is -2.33. The Bertz CT molecular complexity index is 828. The number of nitrogens with one attached hydrogen (secondary N) is 2. The highest BCUT2D eigenvalue weighted by Gasteiger charge is 2.51. The van der Waals surface area contributed by atoms with Crippen molar-refractivity contribution in [2.24, 2.45) is 5.92 Å². The maximum absolute atomic E-state index is 13.5. The van der Waals surface area contributed by atoms with Crippen LogP contribution in [0.5, 0.6) is 0 Å². The van der Waals surface area contributed by atoms with Crippen molar-refractivity contribution in [2.75, 3.05) is 13.1 Å². The van der Waals surface area contributed by atoms with Crippen LogP contribution in [0.2, 0.25) is 0 Å². The summed E-state index contributed by atoms with van der Waals surface area (Å²) in [4.78, 5) is 61.9. The first-order valence-electron chi connectivity index (χ1n) is 9.87. The second-order valence-electron chi connectivity index (χ2n) is 7.88. The summed E-state index contributed by atoms with van der Waals surface area (Å²) >= 11 is 1.28. The fraction of sp³-hybridized carbons (Fsp3) is 0.550. The van der Waals surface area contributed by atoms with Crippen LogP contribution >= 0.6 is 11.3 Å². The summed E-state index contributed by atoms with van der Waals surface area (Å²) in [6, 6.07) is -1.02. The van der Waals surface area contributed by atoms with Crippen LogP contribution in [-0.2, 0) is 14.4 Å². The molecule has 1 aromatic heterocycles. The van der Waals surface area contributed by atoms with Crippen LogP contribution in [0.25, 0.3) is 0 Å². The van der Waals surface area contributed by atoms with Crippen LogP contribution in [0.1, 0.15) is 48.3 Å². The average Bonchev–Trinajstić information content (AvgIpc) is 3.34. The smallest absolute Gasteiger partial charge is 0.424 e. The highest BCUT2D eigenvalue weighted by atomic mass is 32.1. The van der Waals surface area contributed by atoms with Gasteiger partial charge in [-0.3, -0.25) is 14.9 Å². The molecule has 30 heavy (non-hydrogen) atoms. The number of likely N-dealkylation sites (tertiary alicyclic amines) is 1. The number of urea groups is 1. The van der Waals surface area contributed by atoms with Gasteiger partial charge in [-0.25, -0.2) is 9.59 Å². The van der Waals surface area contributed by atoms with Gasteiger partial charge in [0.15, 0.2) is 0 Å². The van der Waals surface area contributed by atoms with Gasteiger partial charge in [-0.1, -0.05) is 13.8 Å². The van der Waals surface area contributed by atoms with Crippen molar-refractivity contribution >= 4 is 41.4 Å². The van der Waals surface area contributed by atoms with E-state index < -0.39 is 40.9 Å². The number of imide groups is 1. The van der Waals surface area contributed by atoms with E-state index in [0.29, 0.717) is 24.0 Å². The van der Waals surface area contributed by atoms with Crippen LogP contribution in [0.3, 0.4) is 0 Å². The molecule has 2 atom stereocenters. The fourth-order valence-electron chi connectivity index (χ4n) is 3.59. The molecule has 2 rings (SSSR count). The molecule has 1 aliphatic rings. The third kappa shape index (κ3) is 5.11. The highest BCUT2D eigenvalue weighted by molar-refractivity contribution is 7.12. The second-order valence-corrected chi connectivity index (χ2v) is 8.79. The Labute approximate surface area is 179 Å². The Morgan fingerprint density at radius 3 is 2.30 bits per heavy atom. The number of thiophene rings is 1. The van der Waals surface area contributed by atoms with Gasteiger partial charge in [-0.05, 0) is 29.9 Å². The monoisotopic (exact) mass is 438 g/mol. The molecule has 10 heteroatoms. The fourth-order valence-corrected chi connectivity index (χ4v) is 4.42. The number of carboxylic acid groups (broad SMARTS) is 1. The van der Waals surface area contributed by atoms with E-state index in [1.54, 1.807) is 19.2 Å². The number of carbonyl (C=O) groups is 5. The lowest BCUT2D eigenvalue weighted by atomic mass is 10.0. The van der Waals surface area contributed by atoms with Crippen LogP contribution in [0.15, 0.2) is 11.4 Å². The maximum atomic E-state index is 13.5. The minimum atomic E-state index is -1.23. The van der Waals surface area contributed by atoms with E-state index in [2.05, 4.69) is 10.6 Å². The van der Waals surface area contributed by atoms with E-state index >= 15 is 0 Å². The Kier molecular flexibility index (Phi) is 7.85. The number of amides is 4. The van der Waals surface area contributed by atoms with Crippen molar-refractivity contribution in [3.8, 4) is 0 Å². The summed E-state index contributed by atoms with van der Waals surface area (Å²) in [7, 11) is 0. The summed E-state index contributed by atoms with van der Waals surface area (Å²) in [5, 5.41) is 15.9. The van der Waals surface area contributed by atoms with E-state index in [9.17, 15) is 24.0 Å². The first kappa shape index (κ1) is 23.7. The van der Waals surface area contributed by atoms with Crippen LogP contribution in [-0.4, -0.2) is 64.9 Å². The van der Waals surface area contributed by atoms with Crippen LogP contribution in [0, 0.1) is 12.8 Å². The van der Waals surface area contributed by atoms with Crippen molar-refractivity contribution in [2.45, 2.75) is 52.1 Å². The lowest BCUT2D eigenvalue weighted by molar-refractivity contribution is -0.761. The molecule has 0 spiro atoms. The zero-order chi connectivity index (χ0) is 22.5. The number of quaternary nitrogens is 1. The van der Waals surface area contributed by atoms with E-state index in [1.165, 1.54) is 11.3 Å². The third-order valence-electron chi connectivity index (χ3n) is 5.30. The first-order valence-corrected chi connectivity index (χ1v) is 10.7. The van der Waals surface area contributed by atoms with Crippen LogP contribution in [0.4, 0.5) is 4.79 Å². The molecule has 0 radical (unpaired) electrons. The molecule has 0 unspecified atom stereocenters. The molecule has 164 valence electrons. The number of nitrogens with zero attached hydrogens (tertiary/aromatic N) is 1. The molecule has 1 aromatic rings. The second kappa shape index (κ2) is 9.94. The molecule has 0 bridgehead atoms. The van der Waals surface area contributed by atoms with Crippen LogP contribution < -0.4 is 10.6 Å². The van der Waals surface area contributed by atoms with Gasteiger partial charge >= 0.3 is 17.9 Å². The molecule has 1 aliphatic heterocycles. The molecule has 9 nitrogen and oxygen atoms in total. The normalized spacial score (nSPS) is 17.2. The molecule has 1 fully saturated rings.